The highest BCUT2D eigenvalue weighted by atomic mass is 79.9. The van der Waals surface area contributed by atoms with E-state index in [9.17, 15) is 14.4 Å². The molecule has 0 radical (unpaired) electrons. The van der Waals surface area contributed by atoms with E-state index >= 15 is 0 Å². The second kappa shape index (κ2) is 9.63. The lowest BCUT2D eigenvalue weighted by Crippen LogP contribution is -2.64. The van der Waals surface area contributed by atoms with Gasteiger partial charge in [0, 0.05) is 21.6 Å². The van der Waals surface area contributed by atoms with Crippen LogP contribution in [0.25, 0.3) is 0 Å². The highest BCUT2D eigenvalue weighted by molar-refractivity contribution is 9.09. The van der Waals surface area contributed by atoms with Crippen molar-refractivity contribution < 1.29 is 14.4 Å². The van der Waals surface area contributed by atoms with Crippen molar-refractivity contribution in [3.8, 4) is 0 Å². The number of benzene rings is 2. The number of fused-ring (bicyclic) bond motifs is 1. The summed E-state index contributed by atoms with van der Waals surface area (Å²) in [7, 11) is 0. The van der Waals surface area contributed by atoms with Gasteiger partial charge in [0.05, 0.1) is 11.6 Å². The Kier molecular flexibility index (Phi) is 6.86. The minimum absolute atomic E-state index is 0.111. The first-order valence-electron chi connectivity index (χ1n) is 10.8. The predicted molar refractivity (Wildman–Crippen MR) is 129 cm³/mol. The van der Waals surface area contributed by atoms with Gasteiger partial charge in [-0.05, 0) is 67.6 Å². The number of nitrogens with zero attached hydrogens (tertiary/aromatic N) is 2. The van der Waals surface area contributed by atoms with E-state index in [2.05, 4.69) is 28.2 Å². The van der Waals surface area contributed by atoms with E-state index in [-0.39, 0.29) is 35.1 Å². The van der Waals surface area contributed by atoms with Crippen LogP contribution < -0.4 is 10.2 Å². The van der Waals surface area contributed by atoms with E-state index in [1.807, 2.05) is 24.3 Å². The van der Waals surface area contributed by atoms with E-state index in [4.69, 9.17) is 11.6 Å². The molecule has 8 heteroatoms. The highest BCUT2D eigenvalue weighted by Gasteiger charge is 2.49. The third-order valence-electron chi connectivity index (χ3n) is 6.17. The molecule has 3 unspecified atom stereocenters. The second-order valence-corrected chi connectivity index (χ2v) is 9.97. The maximum absolute atomic E-state index is 13.4. The van der Waals surface area contributed by atoms with E-state index < -0.39 is 6.03 Å². The van der Waals surface area contributed by atoms with Crippen molar-refractivity contribution in [2.75, 3.05) is 16.8 Å². The third kappa shape index (κ3) is 4.69. The Balaban J connectivity index is 1.57. The Morgan fingerprint density at radius 1 is 1.09 bits per heavy atom. The zero-order chi connectivity index (χ0) is 22.8. The first kappa shape index (κ1) is 22.8. The lowest BCUT2D eigenvalue weighted by Gasteiger charge is -2.47. The summed E-state index contributed by atoms with van der Waals surface area (Å²) in [5.74, 6) is -0.871. The molecule has 2 aliphatic rings. The SMILES string of the molecule is CCc1ccc(NC(=O)CN2C(=O)N(c3ccc(Cl)cc3)C(=O)C3CC(Br)CCC32)cc1. The van der Waals surface area contributed by atoms with Gasteiger partial charge in [-0.3, -0.25) is 9.59 Å². The Morgan fingerprint density at radius 2 is 1.78 bits per heavy atom. The van der Waals surface area contributed by atoms with Gasteiger partial charge >= 0.3 is 6.03 Å². The van der Waals surface area contributed by atoms with Crippen molar-refractivity contribution in [3.05, 3.63) is 59.1 Å². The van der Waals surface area contributed by atoms with Crippen LogP contribution in [0.5, 0.6) is 0 Å². The van der Waals surface area contributed by atoms with Crippen molar-refractivity contribution in [2.45, 2.75) is 43.5 Å². The van der Waals surface area contributed by atoms with Crippen LogP contribution in [0, 0.1) is 5.92 Å². The van der Waals surface area contributed by atoms with E-state index in [0.717, 1.165) is 12.8 Å². The molecule has 1 heterocycles. The minimum Gasteiger partial charge on any atom is -0.325 e. The van der Waals surface area contributed by atoms with Crippen LogP contribution >= 0.6 is 27.5 Å². The normalized spacial score (nSPS) is 23.2. The van der Waals surface area contributed by atoms with E-state index in [1.54, 1.807) is 29.2 Å². The molecule has 2 aromatic rings. The molecular weight excluding hydrogens is 494 g/mol. The zero-order valence-corrected chi connectivity index (χ0v) is 20.1. The van der Waals surface area contributed by atoms with Gasteiger partial charge in [-0.1, -0.05) is 46.6 Å². The van der Waals surface area contributed by atoms with Crippen LogP contribution in [0.4, 0.5) is 16.2 Å². The monoisotopic (exact) mass is 517 g/mol. The Bertz CT molecular complexity index is 1010. The van der Waals surface area contributed by atoms with Crippen LogP contribution in [-0.4, -0.2) is 40.2 Å². The summed E-state index contributed by atoms with van der Waals surface area (Å²) in [6.45, 7) is 1.96. The van der Waals surface area contributed by atoms with Crippen molar-refractivity contribution >= 4 is 56.8 Å². The largest absolute Gasteiger partial charge is 0.332 e. The lowest BCUT2D eigenvalue weighted by atomic mass is 9.81. The predicted octanol–water partition coefficient (Wildman–Crippen LogP) is 5.24. The summed E-state index contributed by atoms with van der Waals surface area (Å²) in [4.78, 5) is 42.5. The number of halogens is 2. The molecule has 3 atom stereocenters. The van der Waals surface area contributed by atoms with Gasteiger partial charge < -0.3 is 10.2 Å². The average Bonchev–Trinajstić information content (AvgIpc) is 2.78. The molecule has 32 heavy (non-hydrogen) atoms. The molecule has 1 saturated carbocycles. The molecule has 1 saturated heterocycles. The quantitative estimate of drug-likeness (QED) is 0.550. The maximum atomic E-state index is 13.4. The van der Waals surface area contributed by atoms with E-state index in [0.29, 0.717) is 29.2 Å². The van der Waals surface area contributed by atoms with Crippen LogP contribution in [0.2, 0.25) is 5.02 Å². The summed E-state index contributed by atoms with van der Waals surface area (Å²) in [5.41, 5.74) is 2.32. The number of anilines is 2. The molecule has 2 fully saturated rings. The summed E-state index contributed by atoms with van der Waals surface area (Å²) in [5, 5.41) is 3.40. The van der Waals surface area contributed by atoms with Gasteiger partial charge in [0.25, 0.3) is 0 Å². The fourth-order valence-electron chi connectivity index (χ4n) is 4.46. The molecule has 168 valence electrons. The molecule has 0 aromatic heterocycles. The number of rotatable bonds is 5. The molecular formula is C24H25BrClN3O3. The molecule has 1 aliphatic carbocycles. The topological polar surface area (TPSA) is 69.7 Å². The number of urea groups is 1. The standard InChI is InChI=1S/C24H25BrClN3O3/c1-2-15-3-8-18(9-4-15)27-22(30)14-28-21-12-5-16(25)13-20(21)23(31)29(24(28)32)19-10-6-17(26)7-11-19/h3-4,6-11,16,20-21H,2,5,12-14H2,1H3,(H,27,30). The first-order valence-corrected chi connectivity index (χ1v) is 12.1. The summed E-state index contributed by atoms with van der Waals surface area (Å²) in [6.07, 6.45) is 3.06. The molecule has 1 aliphatic heterocycles. The number of carbonyl (C=O) groups is 3. The number of alkyl halides is 1. The lowest BCUT2D eigenvalue weighted by molar-refractivity contribution is -0.128. The van der Waals surface area contributed by atoms with Gasteiger partial charge in [0.15, 0.2) is 0 Å². The van der Waals surface area contributed by atoms with E-state index in [1.165, 1.54) is 10.5 Å². The summed E-state index contributed by atoms with van der Waals surface area (Å²) in [6, 6.07) is 13.5. The van der Waals surface area contributed by atoms with Crippen LogP contribution in [0.1, 0.15) is 31.7 Å². The number of hydrogen-bond acceptors (Lipinski definition) is 3. The molecule has 4 amide bonds. The Morgan fingerprint density at radius 3 is 2.44 bits per heavy atom. The van der Waals surface area contributed by atoms with Crippen molar-refractivity contribution in [1.29, 1.82) is 0 Å². The van der Waals surface area contributed by atoms with Crippen molar-refractivity contribution in [1.82, 2.24) is 4.90 Å². The van der Waals surface area contributed by atoms with Gasteiger partial charge in [-0.25, -0.2) is 9.69 Å². The number of amides is 4. The smallest absolute Gasteiger partial charge is 0.325 e. The van der Waals surface area contributed by atoms with Gasteiger partial charge in [0.1, 0.15) is 6.54 Å². The zero-order valence-electron chi connectivity index (χ0n) is 17.8. The fraction of sp³-hybridized carbons (Fsp3) is 0.375. The van der Waals surface area contributed by atoms with Crippen molar-refractivity contribution in [2.24, 2.45) is 5.92 Å². The van der Waals surface area contributed by atoms with Crippen LogP contribution in [0.15, 0.2) is 48.5 Å². The van der Waals surface area contributed by atoms with Crippen LogP contribution in [0.3, 0.4) is 0 Å². The summed E-state index contributed by atoms with van der Waals surface area (Å²) >= 11 is 9.62. The van der Waals surface area contributed by atoms with Gasteiger partial charge in [0.2, 0.25) is 11.8 Å². The number of nitrogens with one attached hydrogen (secondary N) is 1. The van der Waals surface area contributed by atoms with Gasteiger partial charge in [-0.2, -0.15) is 0 Å². The number of hydrogen-bond donors (Lipinski definition) is 1. The summed E-state index contributed by atoms with van der Waals surface area (Å²) < 4.78 is 0. The van der Waals surface area contributed by atoms with Crippen molar-refractivity contribution in [3.63, 3.8) is 0 Å². The fourth-order valence-corrected chi connectivity index (χ4v) is 5.26. The number of imide groups is 1. The Labute approximate surface area is 201 Å². The maximum Gasteiger partial charge on any atom is 0.332 e. The highest BCUT2D eigenvalue weighted by Crippen LogP contribution is 2.38. The number of carbonyl (C=O) groups excluding carboxylic acids is 3. The second-order valence-electron chi connectivity index (χ2n) is 8.24. The molecule has 2 aromatic carbocycles. The van der Waals surface area contributed by atoms with Crippen LogP contribution in [-0.2, 0) is 16.0 Å². The molecule has 6 nitrogen and oxygen atoms in total. The minimum atomic E-state index is -0.469. The Hall–Kier alpha value is -2.38. The van der Waals surface area contributed by atoms with Gasteiger partial charge in [-0.15, -0.1) is 0 Å². The average molecular weight is 519 g/mol. The number of aryl methyl sites for hydroxylation is 1. The third-order valence-corrected chi connectivity index (χ3v) is 7.25. The molecule has 0 bridgehead atoms. The first-order chi connectivity index (χ1) is 15.4. The molecule has 0 spiro atoms. The molecule has 1 N–H and O–H groups in total. The molecule has 4 rings (SSSR count).